The first-order chi connectivity index (χ1) is 11.0. The number of halogens is 1. The van der Waals surface area contributed by atoms with E-state index in [0.29, 0.717) is 17.4 Å². The maximum absolute atomic E-state index is 6.06. The van der Waals surface area contributed by atoms with Crippen molar-refractivity contribution < 1.29 is 0 Å². The predicted octanol–water partition coefficient (Wildman–Crippen LogP) is 3.01. The summed E-state index contributed by atoms with van der Waals surface area (Å²) in [5, 5.41) is 3.37. The highest BCUT2D eigenvalue weighted by Gasteiger charge is 2.31. The number of thiophene rings is 1. The van der Waals surface area contributed by atoms with Crippen molar-refractivity contribution in [3.05, 3.63) is 10.4 Å². The van der Waals surface area contributed by atoms with Crippen LogP contribution in [0.25, 0.3) is 10.2 Å². The molecule has 0 spiro atoms. The van der Waals surface area contributed by atoms with E-state index in [1.165, 1.54) is 21.6 Å². The molecule has 0 unspecified atom stereocenters. The Hall–Kier alpha value is -1.11. The Morgan fingerprint density at radius 1 is 1.33 bits per heavy atom. The highest BCUT2D eigenvalue weighted by atomic mass is 35.5. The third-order valence-corrected chi connectivity index (χ3v) is 6.57. The predicted molar refractivity (Wildman–Crippen MR) is 105 cm³/mol. The van der Waals surface area contributed by atoms with Gasteiger partial charge in [0.25, 0.3) is 0 Å². The minimum atomic E-state index is 0. The molecule has 24 heavy (non-hydrogen) atoms. The lowest BCUT2D eigenvalue weighted by Gasteiger charge is -2.29. The van der Waals surface area contributed by atoms with Crippen LogP contribution in [0.2, 0.25) is 0 Å². The molecule has 0 amide bonds. The number of nitrogens with two attached hydrogens (primary N) is 1. The Labute approximate surface area is 153 Å². The lowest BCUT2D eigenvalue weighted by atomic mass is 9.77. The van der Waals surface area contributed by atoms with Gasteiger partial charge in [-0.2, -0.15) is 4.98 Å². The van der Waals surface area contributed by atoms with Gasteiger partial charge in [0.15, 0.2) is 5.82 Å². The van der Waals surface area contributed by atoms with Gasteiger partial charge in [-0.05, 0) is 43.7 Å². The maximum Gasteiger partial charge on any atom is 0.222 e. The number of fused-ring (bicyclic) bond motifs is 3. The van der Waals surface area contributed by atoms with Gasteiger partial charge in [0.05, 0.1) is 10.2 Å². The van der Waals surface area contributed by atoms with Gasteiger partial charge < -0.3 is 16.0 Å². The summed E-state index contributed by atoms with van der Waals surface area (Å²) in [7, 11) is 2.03. The summed E-state index contributed by atoms with van der Waals surface area (Å²) in [6.07, 6.45) is 4.65. The molecular formula is C17H26ClN5S. The second-order valence-corrected chi connectivity index (χ2v) is 8.75. The topological polar surface area (TPSA) is 67.1 Å². The van der Waals surface area contributed by atoms with Crippen molar-refractivity contribution in [2.45, 2.75) is 45.6 Å². The molecule has 0 bridgehead atoms. The quantitative estimate of drug-likeness (QED) is 0.854. The third-order valence-electron chi connectivity index (χ3n) is 5.29. The first-order valence-electron chi connectivity index (χ1n) is 8.47. The lowest BCUT2D eigenvalue weighted by Crippen LogP contribution is -2.30. The van der Waals surface area contributed by atoms with Gasteiger partial charge in [0, 0.05) is 24.0 Å². The fraction of sp³-hybridized carbons (Fsp3) is 0.647. The number of hydrogen-bond acceptors (Lipinski definition) is 6. The zero-order valence-electron chi connectivity index (χ0n) is 14.6. The highest BCUT2D eigenvalue weighted by Crippen LogP contribution is 2.44. The van der Waals surface area contributed by atoms with Crippen LogP contribution in [0.1, 0.15) is 37.1 Å². The molecule has 2 aromatic rings. The molecule has 1 atom stereocenters. The zero-order valence-corrected chi connectivity index (χ0v) is 16.2. The van der Waals surface area contributed by atoms with Crippen molar-refractivity contribution in [3.8, 4) is 0 Å². The Morgan fingerprint density at radius 3 is 2.83 bits per heavy atom. The SMILES string of the molecule is CN[C@@H]1CCN(c2nc(N)nc3c4c(sc23)CCC(C)(C)C4)C1.Cl. The zero-order chi connectivity index (χ0) is 16.2. The second-order valence-electron chi connectivity index (χ2n) is 7.65. The molecule has 5 nitrogen and oxygen atoms in total. The van der Waals surface area contributed by atoms with Crippen LogP contribution in [0.15, 0.2) is 0 Å². The van der Waals surface area contributed by atoms with E-state index in [-0.39, 0.29) is 12.4 Å². The summed E-state index contributed by atoms with van der Waals surface area (Å²) >= 11 is 1.89. The molecule has 132 valence electrons. The number of rotatable bonds is 2. The monoisotopic (exact) mass is 367 g/mol. The second kappa shape index (κ2) is 6.32. The minimum Gasteiger partial charge on any atom is -0.368 e. The van der Waals surface area contributed by atoms with Gasteiger partial charge in [-0.1, -0.05) is 13.8 Å². The number of nitrogens with one attached hydrogen (secondary N) is 1. The van der Waals surface area contributed by atoms with E-state index in [0.717, 1.165) is 43.7 Å². The van der Waals surface area contributed by atoms with Gasteiger partial charge in [0.2, 0.25) is 5.95 Å². The average Bonchev–Trinajstić information content (AvgIpc) is 3.10. The summed E-state index contributed by atoms with van der Waals surface area (Å²) in [5.74, 6) is 1.45. The van der Waals surface area contributed by atoms with Crippen molar-refractivity contribution in [3.63, 3.8) is 0 Å². The summed E-state index contributed by atoms with van der Waals surface area (Å²) in [5.41, 5.74) is 8.93. The summed E-state index contributed by atoms with van der Waals surface area (Å²) in [4.78, 5) is 13.1. The number of likely N-dealkylation sites (N-methyl/N-ethyl adjacent to an activating group) is 1. The fourth-order valence-corrected chi connectivity index (χ4v) is 5.15. The molecule has 0 aromatic carbocycles. The third kappa shape index (κ3) is 2.95. The van der Waals surface area contributed by atoms with Crippen molar-refractivity contribution in [2.75, 3.05) is 30.8 Å². The summed E-state index contributed by atoms with van der Waals surface area (Å²) in [6, 6.07) is 0.537. The molecule has 0 radical (unpaired) electrons. The van der Waals surface area contributed by atoms with E-state index in [1.807, 2.05) is 18.4 Å². The number of anilines is 2. The van der Waals surface area contributed by atoms with E-state index in [1.54, 1.807) is 0 Å². The normalized spacial score (nSPS) is 22.5. The Morgan fingerprint density at radius 2 is 2.12 bits per heavy atom. The van der Waals surface area contributed by atoms with E-state index in [9.17, 15) is 0 Å². The van der Waals surface area contributed by atoms with Gasteiger partial charge in [-0.3, -0.25) is 0 Å². The molecule has 1 aliphatic carbocycles. The number of aryl methyl sites for hydroxylation is 1. The van der Waals surface area contributed by atoms with E-state index in [2.05, 4.69) is 34.0 Å². The fourth-order valence-electron chi connectivity index (χ4n) is 3.88. The number of nitrogens with zero attached hydrogens (tertiary/aromatic N) is 3. The van der Waals surface area contributed by atoms with Crippen LogP contribution >= 0.6 is 23.7 Å². The molecule has 7 heteroatoms. The lowest BCUT2D eigenvalue weighted by molar-refractivity contribution is 0.319. The molecule has 1 saturated heterocycles. The van der Waals surface area contributed by atoms with Crippen molar-refractivity contribution in [1.29, 1.82) is 0 Å². The summed E-state index contributed by atoms with van der Waals surface area (Å²) < 4.78 is 1.23. The maximum atomic E-state index is 6.06. The van der Waals surface area contributed by atoms with Crippen LogP contribution in [-0.4, -0.2) is 36.1 Å². The highest BCUT2D eigenvalue weighted by molar-refractivity contribution is 7.19. The van der Waals surface area contributed by atoms with Crippen molar-refractivity contribution in [2.24, 2.45) is 5.41 Å². The Kier molecular flexibility index (Phi) is 4.66. The van der Waals surface area contributed by atoms with E-state index < -0.39 is 0 Å². The van der Waals surface area contributed by atoms with Gasteiger partial charge >= 0.3 is 0 Å². The van der Waals surface area contributed by atoms with Crippen LogP contribution in [0.4, 0.5) is 11.8 Å². The van der Waals surface area contributed by atoms with Crippen molar-refractivity contribution >= 4 is 45.7 Å². The van der Waals surface area contributed by atoms with Gasteiger partial charge in [-0.15, -0.1) is 23.7 Å². The molecule has 4 rings (SSSR count). The Bertz CT molecular complexity index is 757. The smallest absolute Gasteiger partial charge is 0.222 e. The number of hydrogen-bond donors (Lipinski definition) is 2. The van der Waals surface area contributed by atoms with Crippen LogP contribution in [0, 0.1) is 5.41 Å². The minimum absolute atomic E-state index is 0. The van der Waals surface area contributed by atoms with E-state index >= 15 is 0 Å². The molecule has 0 saturated carbocycles. The van der Waals surface area contributed by atoms with E-state index in [4.69, 9.17) is 5.73 Å². The standard InChI is InChI=1S/C17H25N5S.ClH/c1-17(2)6-4-12-11(8-17)13-14(23-12)15(21-16(18)20-13)22-7-5-10(9-22)19-3;/h10,19H,4-9H2,1-3H3,(H2,18,20,21);1H/t10-;/m1./s1. The molecule has 3 N–H and O–H groups in total. The van der Waals surface area contributed by atoms with Crippen LogP contribution in [-0.2, 0) is 12.8 Å². The Balaban J connectivity index is 0.00000169. The molecule has 3 heterocycles. The largest absolute Gasteiger partial charge is 0.368 e. The van der Waals surface area contributed by atoms with Crippen molar-refractivity contribution in [1.82, 2.24) is 15.3 Å². The van der Waals surface area contributed by atoms with Crippen LogP contribution in [0.5, 0.6) is 0 Å². The van der Waals surface area contributed by atoms with Crippen LogP contribution < -0.4 is 16.0 Å². The molecule has 2 aliphatic rings. The first kappa shape index (κ1) is 17.7. The molecule has 1 fully saturated rings. The number of nitrogen functional groups attached to an aromatic ring is 1. The van der Waals surface area contributed by atoms with Crippen LogP contribution in [0.3, 0.4) is 0 Å². The van der Waals surface area contributed by atoms with Gasteiger partial charge in [-0.25, -0.2) is 4.98 Å². The molecule has 1 aliphatic heterocycles. The molecular weight excluding hydrogens is 342 g/mol. The number of aromatic nitrogens is 2. The average molecular weight is 368 g/mol. The first-order valence-corrected chi connectivity index (χ1v) is 9.28. The molecule has 2 aromatic heterocycles. The van der Waals surface area contributed by atoms with Gasteiger partial charge in [0.1, 0.15) is 0 Å². The summed E-state index contributed by atoms with van der Waals surface area (Å²) in [6.45, 7) is 6.73.